The zero-order valence-electron chi connectivity index (χ0n) is 16.9. The van der Waals surface area contributed by atoms with Crippen molar-refractivity contribution in [2.24, 2.45) is 0 Å². The Balaban J connectivity index is 1.72. The molecule has 0 atom stereocenters. The van der Waals surface area contributed by atoms with E-state index in [9.17, 15) is 10.1 Å². The van der Waals surface area contributed by atoms with Gasteiger partial charge in [0.15, 0.2) is 0 Å². The number of anilines is 1. The molecule has 0 saturated carbocycles. The molecule has 3 heterocycles. The second-order valence-electron chi connectivity index (χ2n) is 7.13. The molecule has 0 unspecified atom stereocenters. The molecule has 6 nitrogen and oxygen atoms in total. The predicted molar refractivity (Wildman–Crippen MR) is 111 cm³/mol. The minimum absolute atomic E-state index is 0.183. The van der Waals surface area contributed by atoms with E-state index in [1.54, 1.807) is 23.4 Å². The van der Waals surface area contributed by atoms with Crippen LogP contribution in [0.1, 0.15) is 30.3 Å². The van der Waals surface area contributed by atoms with Gasteiger partial charge in [0.1, 0.15) is 11.6 Å². The third kappa shape index (κ3) is 4.09. The Hall–Kier alpha value is -3.07. The van der Waals surface area contributed by atoms with Crippen LogP contribution in [0, 0.1) is 25.2 Å². The zero-order valence-corrected chi connectivity index (χ0v) is 16.9. The van der Waals surface area contributed by atoms with Gasteiger partial charge in [-0.25, -0.2) is 0 Å². The van der Waals surface area contributed by atoms with E-state index >= 15 is 0 Å². The number of nitriles is 1. The number of carbonyl (C=O) groups excluding carboxylic acids is 1. The molecule has 1 amide bonds. The number of aromatic nitrogens is 2. The standard InChI is InChI=1S/C22H27N5O/c1-4-9-27-17(2)14-19(18(27)3)15-20(16-23)22(28)26-12-10-25(11-13-26)21-5-7-24-8-6-21/h5-8,14-15H,4,9-13H2,1-3H3/b20-15+. The second kappa shape index (κ2) is 8.75. The first kappa shape index (κ1) is 19.7. The molecule has 1 aliphatic rings. The van der Waals surface area contributed by atoms with Gasteiger partial charge in [0.25, 0.3) is 5.91 Å². The number of rotatable bonds is 5. The minimum Gasteiger partial charge on any atom is -0.368 e. The van der Waals surface area contributed by atoms with Crippen LogP contribution < -0.4 is 4.90 Å². The van der Waals surface area contributed by atoms with Gasteiger partial charge in [0, 0.05) is 62.2 Å². The fourth-order valence-electron chi connectivity index (χ4n) is 3.73. The van der Waals surface area contributed by atoms with E-state index in [2.05, 4.69) is 40.4 Å². The molecule has 6 heteroatoms. The monoisotopic (exact) mass is 377 g/mol. The molecule has 1 saturated heterocycles. The van der Waals surface area contributed by atoms with E-state index in [0.29, 0.717) is 13.1 Å². The lowest BCUT2D eigenvalue weighted by Crippen LogP contribution is -2.49. The van der Waals surface area contributed by atoms with Gasteiger partial charge in [-0.1, -0.05) is 6.92 Å². The number of carbonyl (C=O) groups is 1. The number of aryl methyl sites for hydroxylation is 1. The van der Waals surface area contributed by atoms with Gasteiger partial charge in [-0.3, -0.25) is 9.78 Å². The molecule has 28 heavy (non-hydrogen) atoms. The second-order valence-corrected chi connectivity index (χ2v) is 7.13. The van der Waals surface area contributed by atoms with E-state index in [1.807, 2.05) is 19.1 Å². The molecule has 1 aliphatic heterocycles. The Bertz CT molecular complexity index is 899. The van der Waals surface area contributed by atoms with Crippen LogP contribution in [0.4, 0.5) is 5.69 Å². The highest BCUT2D eigenvalue weighted by molar-refractivity contribution is 6.02. The molecule has 0 aliphatic carbocycles. The average molecular weight is 377 g/mol. The largest absolute Gasteiger partial charge is 0.368 e. The van der Waals surface area contributed by atoms with Gasteiger partial charge in [0.2, 0.25) is 0 Å². The number of amides is 1. The van der Waals surface area contributed by atoms with Gasteiger partial charge >= 0.3 is 0 Å². The maximum absolute atomic E-state index is 12.9. The highest BCUT2D eigenvalue weighted by Gasteiger charge is 2.24. The molecule has 0 radical (unpaired) electrons. The zero-order chi connectivity index (χ0) is 20.1. The van der Waals surface area contributed by atoms with Crippen LogP contribution in [-0.4, -0.2) is 46.5 Å². The van der Waals surface area contributed by atoms with Crippen molar-refractivity contribution in [3.05, 3.63) is 53.1 Å². The van der Waals surface area contributed by atoms with Crippen molar-refractivity contribution in [2.75, 3.05) is 31.1 Å². The summed E-state index contributed by atoms with van der Waals surface area (Å²) < 4.78 is 2.23. The smallest absolute Gasteiger partial charge is 0.264 e. The fraction of sp³-hybridized carbons (Fsp3) is 0.409. The number of nitrogens with zero attached hydrogens (tertiary/aromatic N) is 5. The van der Waals surface area contributed by atoms with Gasteiger partial charge in [-0.2, -0.15) is 5.26 Å². The normalized spacial score (nSPS) is 14.9. The van der Waals surface area contributed by atoms with Crippen molar-refractivity contribution in [1.82, 2.24) is 14.5 Å². The first-order chi connectivity index (χ1) is 13.5. The fourth-order valence-corrected chi connectivity index (χ4v) is 3.73. The lowest BCUT2D eigenvalue weighted by molar-refractivity contribution is -0.126. The highest BCUT2D eigenvalue weighted by atomic mass is 16.2. The maximum Gasteiger partial charge on any atom is 0.264 e. The number of piperazine rings is 1. The summed E-state index contributed by atoms with van der Waals surface area (Å²) in [5.74, 6) is -0.183. The third-order valence-electron chi connectivity index (χ3n) is 5.31. The van der Waals surface area contributed by atoms with Crippen molar-refractivity contribution >= 4 is 17.7 Å². The SMILES string of the molecule is CCCn1c(C)cc(/C=C(\C#N)C(=O)N2CCN(c3ccncc3)CC2)c1C. The lowest BCUT2D eigenvalue weighted by Gasteiger charge is -2.35. The van der Waals surface area contributed by atoms with Crippen molar-refractivity contribution in [3.8, 4) is 6.07 Å². The summed E-state index contributed by atoms with van der Waals surface area (Å²) in [4.78, 5) is 21.0. The summed E-state index contributed by atoms with van der Waals surface area (Å²) in [5, 5.41) is 9.60. The van der Waals surface area contributed by atoms with Crippen molar-refractivity contribution in [2.45, 2.75) is 33.7 Å². The third-order valence-corrected chi connectivity index (χ3v) is 5.31. The Morgan fingerprint density at radius 1 is 1.21 bits per heavy atom. The van der Waals surface area contributed by atoms with Crippen LogP contribution in [0.25, 0.3) is 6.08 Å². The van der Waals surface area contributed by atoms with Gasteiger partial charge < -0.3 is 14.4 Å². The molecule has 0 spiro atoms. The first-order valence-electron chi connectivity index (χ1n) is 9.78. The molecule has 0 aromatic carbocycles. The van der Waals surface area contributed by atoms with E-state index in [-0.39, 0.29) is 11.5 Å². The van der Waals surface area contributed by atoms with Gasteiger partial charge in [0.05, 0.1) is 0 Å². The molecule has 3 rings (SSSR count). The summed E-state index contributed by atoms with van der Waals surface area (Å²) in [6, 6.07) is 8.12. The summed E-state index contributed by atoms with van der Waals surface area (Å²) in [5.41, 5.74) is 4.52. The van der Waals surface area contributed by atoms with Crippen LogP contribution in [0.3, 0.4) is 0 Å². The Morgan fingerprint density at radius 2 is 1.89 bits per heavy atom. The summed E-state index contributed by atoms with van der Waals surface area (Å²) in [6.45, 7) is 9.90. The molecule has 2 aromatic heterocycles. The Labute approximate surface area is 166 Å². The van der Waals surface area contributed by atoms with Crippen LogP contribution in [0.2, 0.25) is 0 Å². The first-order valence-corrected chi connectivity index (χ1v) is 9.78. The lowest BCUT2D eigenvalue weighted by atomic mass is 10.1. The van der Waals surface area contributed by atoms with Gasteiger partial charge in [-0.15, -0.1) is 0 Å². The van der Waals surface area contributed by atoms with Gasteiger partial charge in [-0.05, 0) is 50.1 Å². The molecule has 0 bridgehead atoms. The summed E-state index contributed by atoms with van der Waals surface area (Å²) in [7, 11) is 0. The minimum atomic E-state index is -0.183. The number of hydrogen-bond donors (Lipinski definition) is 0. The van der Waals surface area contributed by atoms with Crippen LogP contribution in [0.5, 0.6) is 0 Å². The van der Waals surface area contributed by atoms with E-state index in [4.69, 9.17) is 0 Å². The Morgan fingerprint density at radius 3 is 2.50 bits per heavy atom. The number of hydrogen-bond acceptors (Lipinski definition) is 4. The van der Waals surface area contributed by atoms with Crippen LogP contribution >= 0.6 is 0 Å². The summed E-state index contributed by atoms with van der Waals surface area (Å²) >= 11 is 0. The van der Waals surface area contributed by atoms with Crippen molar-refractivity contribution < 1.29 is 4.79 Å². The Kier molecular flexibility index (Phi) is 6.15. The molecule has 1 fully saturated rings. The van der Waals surface area contributed by atoms with Crippen molar-refractivity contribution in [3.63, 3.8) is 0 Å². The van der Waals surface area contributed by atoms with Crippen LogP contribution in [-0.2, 0) is 11.3 Å². The highest BCUT2D eigenvalue weighted by Crippen LogP contribution is 2.20. The molecular weight excluding hydrogens is 350 g/mol. The molecular formula is C22H27N5O. The topological polar surface area (TPSA) is 65.2 Å². The predicted octanol–water partition coefficient (Wildman–Crippen LogP) is 3.17. The molecule has 0 N–H and O–H groups in total. The average Bonchev–Trinajstić information content (AvgIpc) is 3.00. The molecule has 2 aromatic rings. The van der Waals surface area contributed by atoms with Crippen molar-refractivity contribution in [1.29, 1.82) is 5.26 Å². The number of pyridine rings is 1. The van der Waals surface area contributed by atoms with E-state index in [1.165, 1.54) is 0 Å². The van der Waals surface area contributed by atoms with E-state index < -0.39 is 0 Å². The van der Waals surface area contributed by atoms with Crippen LogP contribution in [0.15, 0.2) is 36.2 Å². The maximum atomic E-state index is 12.9. The quantitative estimate of drug-likeness (QED) is 0.593. The summed E-state index contributed by atoms with van der Waals surface area (Å²) in [6.07, 6.45) is 6.34. The molecule has 146 valence electrons. The van der Waals surface area contributed by atoms with E-state index in [0.717, 1.165) is 48.7 Å².